The molecular formula is C20H18O6. The highest BCUT2D eigenvalue weighted by molar-refractivity contribution is 6.05. The van der Waals surface area contributed by atoms with E-state index in [1.165, 1.54) is 14.2 Å². The molecule has 0 bridgehead atoms. The van der Waals surface area contributed by atoms with E-state index in [2.05, 4.69) is 0 Å². The van der Waals surface area contributed by atoms with Gasteiger partial charge in [0, 0.05) is 11.6 Å². The number of rotatable bonds is 5. The Morgan fingerprint density at radius 3 is 2.46 bits per heavy atom. The van der Waals surface area contributed by atoms with Crippen LogP contribution in [-0.2, 0) is 9.53 Å². The summed E-state index contributed by atoms with van der Waals surface area (Å²) in [6.07, 6.45) is 3.15. The van der Waals surface area contributed by atoms with Gasteiger partial charge >= 0.3 is 5.97 Å². The Kier molecular flexibility index (Phi) is 4.84. The largest absolute Gasteiger partial charge is 0.504 e. The zero-order chi connectivity index (χ0) is 18.7. The molecule has 6 nitrogen and oxygen atoms in total. The number of aromatic hydroxyl groups is 1. The number of carbonyl (C=O) groups excluding carboxylic acids is 1. The summed E-state index contributed by atoms with van der Waals surface area (Å²) in [6.45, 7) is 0. The van der Waals surface area contributed by atoms with Crippen LogP contribution >= 0.6 is 0 Å². The summed E-state index contributed by atoms with van der Waals surface area (Å²) in [5, 5.41) is 10.2. The fourth-order valence-corrected chi connectivity index (χ4v) is 2.61. The lowest BCUT2D eigenvalue weighted by Gasteiger charge is -2.10. The van der Waals surface area contributed by atoms with Gasteiger partial charge in [-0.2, -0.15) is 0 Å². The van der Waals surface area contributed by atoms with Gasteiger partial charge in [0.25, 0.3) is 0 Å². The van der Waals surface area contributed by atoms with Crippen LogP contribution in [0.5, 0.6) is 23.0 Å². The predicted molar refractivity (Wildman–Crippen MR) is 96.3 cm³/mol. The van der Waals surface area contributed by atoms with Crippen LogP contribution in [0.15, 0.2) is 48.0 Å². The molecule has 1 aliphatic heterocycles. The number of benzene rings is 2. The summed E-state index contributed by atoms with van der Waals surface area (Å²) in [5.41, 5.74) is 1.39. The molecule has 0 atom stereocenters. The Labute approximate surface area is 150 Å². The molecule has 0 saturated carbocycles. The van der Waals surface area contributed by atoms with Crippen LogP contribution in [0.25, 0.3) is 11.8 Å². The van der Waals surface area contributed by atoms with Gasteiger partial charge in [0.1, 0.15) is 17.3 Å². The van der Waals surface area contributed by atoms with Gasteiger partial charge in [-0.3, -0.25) is 0 Å². The molecule has 0 aliphatic carbocycles. The topological polar surface area (TPSA) is 74.2 Å². The number of phenols is 1. The Morgan fingerprint density at radius 1 is 1.00 bits per heavy atom. The zero-order valence-corrected chi connectivity index (χ0v) is 14.6. The lowest BCUT2D eigenvalue weighted by molar-refractivity contribution is -0.130. The van der Waals surface area contributed by atoms with Crippen LogP contribution in [-0.4, -0.2) is 32.4 Å². The van der Waals surface area contributed by atoms with Crippen molar-refractivity contribution in [3.05, 3.63) is 59.2 Å². The van der Waals surface area contributed by atoms with Crippen molar-refractivity contribution in [2.45, 2.75) is 0 Å². The van der Waals surface area contributed by atoms with Gasteiger partial charge in [-0.25, -0.2) is 4.79 Å². The molecule has 1 aliphatic rings. The lowest BCUT2D eigenvalue weighted by Crippen LogP contribution is -1.98. The van der Waals surface area contributed by atoms with E-state index in [1.54, 1.807) is 55.7 Å². The first-order valence-electron chi connectivity index (χ1n) is 7.81. The minimum atomic E-state index is -0.514. The molecular weight excluding hydrogens is 336 g/mol. The minimum Gasteiger partial charge on any atom is -0.504 e. The number of phenolic OH excluding ortho intramolecular Hbond substituents is 1. The summed E-state index contributed by atoms with van der Waals surface area (Å²) in [6, 6.07) is 10.2. The third-order valence-electron chi connectivity index (χ3n) is 3.96. The standard InChI is InChI=1S/C20H18O6/c1-23-14-7-8-15(17(11-14)25-3)18-10-13(20(22)26-18)9-12-5-4-6-16(24-2)19(12)21/h4-11,21H,1-3H3/b13-9-. The van der Waals surface area contributed by atoms with E-state index < -0.39 is 5.97 Å². The molecule has 1 N–H and O–H groups in total. The molecule has 0 saturated heterocycles. The highest BCUT2D eigenvalue weighted by atomic mass is 16.5. The third-order valence-corrected chi connectivity index (χ3v) is 3.96. The first-order chi connectivity index (χ1) is 12.6. The van der Waals surface area contributed by atoms with E-state index in [4.69, 9.17) is 18.9 Å². The Hall–Kier alpha value is -3.41. The van der Waals surface area contributed by atoms with Gasteiger partial charge in [0.05, 0.1) is 32.5 Å². The summed E-state index contributed by atoms with van der Waals surface area (Å²) in [7, 11) is 4.55. The second-order valence-corrected chi connectivity index (χ2v) is 5.46. The van der Waals surface area contributed by atoms with Gasteiger partial charge in [-0.15, -0.1) is 0 Å². The molecule has 134 valence electrons. The van der Waals surface area contributed by atoms with Crippen LogP contribution in [0.3, 0.4) is 0 Å². The van der Waals surface area contributed by atoms with E-state index in [0.717, 1.165) is 0 Å². The van der Waals surface area contributed by atoms with Crippen LogP contribution in [0.1, 0.15) is 11.1 Å². The molecule has 2 aromatic carbocycles. The Balaban J connectivity index is 2.00. The zero-order valence-electron chi connectivity index (χ0n) is 14.6. The van der Waals surface area contributed by atoms with Crippen molar-refractivity contribution in [1.29, 1.82) is 0 Å². The summed E-state index contributed by atoms with van der Waals surface area (Å²) in [4.78, 5) is 12.2. The average Bonchev–Trinajstić information content (AvgIpc) is 3.03. The van der Waals surface area contributed by atoms with E-state index in [-0.39, 0.29) is 5.75 Å². The second-order valence-electron chi connectivity index (χ2n) is 5.46. The van der Waals surface area contributed by atoms with Crippen LogP contribution in [0.2, 0.25) is 0 Å². The predicted octanol–water partition coefficient (Wildman–Crippen LogP) is 3.40. The molecule has 6 heteroatoms. The smallest absolute Gasteiger partial charge is 0.343 e. The minimum absolute atomic E-state index is 0.0424. The summed E-state index contributed by atoms with van der Waals surface area (Å²) in [5.74, 6) is 1.29. The first-order valence-corrected chi connectivity index (χ1v) is 7.81. The maximum Gasteiger partial charge on any atom is 0.343 e. The monoisotopic (exact) mass is 354 g/mol. The van der Waals surface area contributed by atoms with Gasteiger partial charge in [-0.1, -0.05) is 12.1 Å². The highest BCUT2D eigenvalue weighted by Crippen LogP contribution is 2.37. The third kappa shape index (κ3) is 3.21. The van der Waals surface area contributed by atoms with E-state index in [0.29, 0.717) is 39.7 Å². The van der Waals surface area contributed by atoms with E-state index >= 15 is 0 Å². The fraction of sp³-hybridized carbons (Fsp3) is 0.150. The molecule has 2 aromatic rings. The number of hydrogen-bond donors (Lipinski definition) is 1. The van der Waals surface area contributed by atoms with Crippen LogP contribution in [0, 0.1) is 0 Å². The van der Waals surface area contributed by atoms with Crippen molar-refractivity contribution >= 4 is 17.8 Å². The quantitative estimate of drug-likeness (QED) is 0.655. The number of ether oxygens (including phenoxy) is 4. The Bertz CT molecular complexity index is 911. The fourth-order valence-electron chi connectivity index (χ4n) is 2.61. The molecule has 3 rings (SSSR count). The molecule has 0 unspecified atom stereocenters. The van der Waals surface area contributed by atoms with Gasteiger partial charge in [0.2, 0.25) is 0 Å². The molecule has 0 spiro atoms. The first kappa shape index (κ1) is 17.4. The van der Waals surface area contributed by atoms with Gasteiger partial charge < -0.3 is 24.1 Å². The van der Waals surface area contributed by atoms with Gasteiger partial charge in [0.15, 0.2) is 11.5 Å². The van der Waals surface area contributed by atoms with Crippen molar-refractivity contribution in [2.24, 2.45) is 0 Å². The second kappa shape index (κ2) is 7.23. The SMILES string of the molecule is COc1ccc(C2=C/C(=C/c3cccc(OC)c3O)C(=O)O2)c(OC)c1. The Morgan fingerprint density at radius 2 is 1.77 bits per heavy atom. The molecule has 1 heterocycles. The maximum atomic E-state index is 12.2. The van der Waals surface area contributed by atoms with Crippen LogP contribution in [0.4, 0.5) is 0 Å². The summed E-state index contributed by atoms with van der Waals surface area (Å²) < 4.78 is 21.0. The van der Waals surface area contributed by atoms with Crippen molar-refractivity contribution in [3.8, 4) is 23.0 Å². The number of para-hydroxylation sites is 1. The number of cyclic esters (lactones) is 1. The highest BCUT2D eigenvalue weighted by Gasteiger charge is 2.25. The van der Waals surface area contributed by atoms with Gasteiger partial charge in [-0.05, 0) is 30.4 Å². The number of methoxy groups -OCH3 is 3. The maximum absolute atomic E-state index is 12.2. The summed E-state index contributed by atoms with van der Waals surface area (Å²) >= 11 is 0. The number of carbonyl (C=O) groups is 1. The molecule has 0 amide bonds. The van der Waals surface area contributed by atoms with E-state index in [9.17, 15) is 9.90 Å². The molecule has 0 fully saturated rings. The molecule has 0 radical (unpaired) electrons. The average molecular weight is 354 g/mol. The number of hydrogen-bond acceptors (Lipinski definition) is 6. The molecule has 0 aromatic heterocycles. The van der Waals surface area contributed by atoms with E-state index in [1.807, 2.05) is 0 Å². The lowest BCUT2D eigenvalue weighted by atomic mass is 10.1. The van der Waals surface area contributed by atoms with Crippen molar-refractivity contribution in [2.75, 3.05) is 21.3 Å². The van der Waals surface area contributed by atoms with Crippen LogP contribution < -0.4 is 14.2 Å². The molecule has 26 heavy (non-hydrogen) atoms. The van der Waals surface area contributed by atoms with Crippen molar-refractivity contribution in [3.63, 3.8) is 0 Å². The van der Waals surface area contributed by atoms with Crippen molar-refractivity contribution in [1.82, 2.24) is 0 Å². The van der Waals surface area contributed by atoms with Crippen molar-refractivity contribution < 1.29 is 28.8 Å². The normalized spacial score (nSPS) is 14.8. The number of esters is 1.